The molecule has 0 radical (unpaired) electrons. The van der Waals surface area contributed by atoms with Crippen LogP contribution in [0.3, 0.4) is 0 Å². The Balaban J connectivity index is 1.66. The minimum atomic E-state index is -0.377. The smallest absolute Gasteiger partial charge is 0.270 e. The van der Waals surface area contributed by atoms with Gasteiger partial charge in [-0.3, -0.25) is 20.4 Å². The van der Waals surface area contributed by atoms with Crippen molar-refractivity contribution in [3.8, 4) is 11.3 Å². The van der Waals surface area contributed by atoms with E-state index >= 15 is 0 Å². The third-order valence-corrected chi connectivity index (χ3v) is 5.47. The molecule has 0 bridgehead atoms. The van der Waals surface area contributed by atoms with Gasteiger partial charge in [0.05, 0.1) is 16.8 Å². The summed E-state index contributed by atoms with van der Waals surface area (Å²) in [5.41, 5.74) is 7.62. The molecular formula is C22H20ClN3O2. The van der Waals surface area contributed by atoms with Gasteiger partial charge in [0.15, 0.2) is 0 Å². The van der Waals surface area contributed by atoms with Crippen LogP contribution in [0.25, 0.3) is 22.2 Å². The number of aromatic nitrogens is 1. The lowest BCUT2D eigenvalue weighted by atomic mass is 10.0. The summed E-state index contributed by atoms with van der Waals surface area (Å²) < 4.78 is 0. The number of carbonyl (C=O) groups is 2. The van der Waals surface area contributed by atoms with E-state index in [9.17, 15) is 9.59 Å². The molecule has 6 heteroatoms. The van der Waals surface area contributed by atoms with Gasteiger partial charge < -0.3 is 0 Å². The van der Waals surface area contributed by atoms with Gasteiger partial charge in [-0.1, -0.05) is 60.8 Å². The van der Waals surface area contributed by atoms with Crippen molar-refractivity contribution < 1.29 is 9.59 Å². The molecule has 5 nitrogen and oxygen atoms in total. The minimum Gasteiger partial charge on any atom is -0.273 e. The standard InChI is InChI=1S/C22H20ClN3O2/c23-18-11-5-3-10-16(18)20-13-17(15-9-4-6-12-19(15)24-20)22(28)26-25-21(27)14-7-1-2-8-14/h3-6,9-14H,1-2,7-8H2,(H,25,27)(H,26,28). The molecule has 1 heterocycles. The minimum absolute atomic E-state index is 0.0202. The fraction of sp³-hybridized carbons (Fsp3) is 0.227. The molecule has 0 unspecified atom stereocenters. The monoisotopic (exact) mass is 393 g/mol. The molecule has 0 saturated heterocycles. The van der Waals surface area contributed by atoms with E-state index in [2.05, 4.69) is 15.8 Å². The summed E-state index contributed by atoms with van der Waals surface area (Å²) in [6.45, 7) is 0. The highest BCUT2D eigenvalue weighted by Gasteiger charge is 2.23. The fourth-order valence-electron chi connectivity index (χ4n) is 3.65. The van der Waals surface area contributed by atoms with Gasteiger partial charge in [-0.25, -0.2) is 4.98 Å². The Morgan fingerprint density at radius 1 is 0.964 bits per heavy atom. The maximum absolute atomic E-state index is 12.9. The van der Waals surface area contributed by atoms with Crippen molar-refractivity contribution in [3.05, 3.63) is 65.2 Å². The predicted molar refractivity (Wildman–Crippen MR) is 110 cm³/mol. The van der Waals surface area contributed by atoms with Gasteiger partial charge in [-0.15, -0.1) is 0 Å². The third kappa shape index (κ3) is 3.71. The van der Waals surface area contributed by atoms with Gasteiger partial charge in [-0.05, 0) is 31.0 Å². The molecule has 1 fully saturated rings. The zero-order chi connectivity index (χ0) is 19.5. The lowest BCUT2D eigenvalue weighted by Crippen LogP contribution is -2.44. The second-order valence-electron chi connectivity index (χ2n) is 6.98. The molecule has 3 aromatic rings. The van der Waals surface area contributed by atoms with Crippen molar-refractivity contribution in [1.29, 1.82) is 0 Å². The van der Waals surface area contributed by atoms with Gasteiger partial charge in [0.1, 0.15) is 0 Å². The molecule has 1 aromatic heterocycles. The van der Waals surface area contributed by atoms with Crippen molar-refractivity contribution >= 4 is 34.3 Å². The van der Waals surface area contributed by atoms with Crippen LogP contribution in [0.1, 0.15) is 36.0 Å². The van der Waals surface area contributed by atoms with E-state index in [0.29, 0.717) is 27.2 Å². The molecule has 1 saturated carbocycles. The molecule has 4 rings (SSSR count). The van der Waals surface area contributed by atoms with Crippen LogP contribution in [0.2, 0.25) is 5.02 Å². The number of fused-ring (bicyclic) bond motifs is 1. The Hall–Kier alpha value is -2.92. The van der Waals surface area contributed by atoms with E-state index in [-0.39, 0.29) is 17.7 Å². The van der Waals surface area contributed by atoms with Crippen LogP contribution in [0.4, 0.5) is 0 Å². The molecule has 142 valence electrons. The highest BCUT2D eigenvalue weighted by Crippen LogP contribution is 2.29. The summed E-state index contributed by atoms with van der Waals surface area (Å²) in [6.07, 6.45) is 3.86. The molecule has 2 aromatic carbocycles. The van der Waals surface area contributed by atoms with Crippen LogP contribution >= 0.6 is 11.6 Å². The summed E-state index contributed by atoms with van der Waals surface area (Å²) in [6, 6.07) is 16.5. The van der Waals surface area contributed by atoms with E-state index in [1.54, 1.807) is 12.1 Å². The van der Waals surface area contributed by atoms with Crippen molar-refractivity contribution in [1.82, 2.24) is 15.8 Å². The first-order chi connectivity index (χ1) is 13.6. The van der Waals surface area contributed by atoms with E-state index in [4.69, 9.17) is 11.6 Å². The first kappa shape index (κ1) is 18.4. The van der Waals surface area contributed by atoms with Crippen LogP contribution in [0.5, 0.6) is 0 Å². The van der Waals surface area contributed by atoms with E-state index in [0.717, 1.165) is 31.2 Å². The summed E-state index contributed by atoms with van der Waals surface area (Å²) in [7, 11) is 0. The van der Waals surface area contributed by atoms with Gasteiger partial charge >= 0.3 is 0 Å². The van der Waals surface area contributed by atoms with Crippen molar-refractivity contribution in [2.45, 2.75) is 25.7 Å². The predicted octanol–water partition coefficient (Wildman–Crippen LogP) is 4.51. The molecule has 2 N–H and O–H groups in total. The largest absolute Gasteiger partial charge is 0.273 e. The van der Waals surface area contributed by atoms with E-state index < -0.39 is 0 Å². The number of hydrogen-bond donors (Lipinski definition) is 2. The number of hydrazine groups is 1. The highest BCUT2D eigenvalue weighted by atomic mass is 35.5. The number of halogens is 1. The maximum atomic E-state index is 12.9. The Bertz CT molecular complexity index is 1040. The molecule has 28 heavy (non-hydrogen) atoms. The number of nitrogens with one attached hydrogen (secondary N) is 2. The zero-order valence-electron chi connectivity index (χ0n) is 15.2. The highest BCUT2D eigenvalue weighted by molar-refractivity contribution is 6.33. The number of benzene rings is 2. The molecule has 0 aliphatic heterocycles. The quantitative estimate of drug-likeness (QED) is 0.643. The average molecular weight is 394 g/mol. The SMILES string of the molecule is O=C(NNC(=O)C1CCCC1)c1cc(-c2ccccc2Cl)nc2ccccc12. The lowest BCUT2D eigenvalue weighted by Gasteiger charge is -2.13. The van der Waals surface area contributed by atoms with Crippen LogP contribution in [0, 0.1) is 5.92 Å². The van der Waals surface area contributed by atoms with Gasteiger partial charge in [0.25, 0.3) is 5.91 Å². The number of rotatable bonds is 3. The second-order valence-corrected chi connectivity index (χ2v) is 7.38. The first-order valence-corrected chi connectivity index (χ1v) is 9.76. The van der Waals surface area contributed by atoms with Crippen molar-refractivity contribution in [3.63, 3.8) is 0 Å². The normalized spacial score (nSPS) is 14.2. The number of hydrogen-bond acceptors (Lipinski definition) is 3. The number of nitrogens with zero attached hydrogens (tertiary/aromatic N) is 1. The topological polar surface area (TPSA) is 71.1 Å². The molecule has 1 aliphatic carbocycles. The van der Waals surface area contributed by atoms with Crippen molar-refractivity contribution in [2.75, 3.05) is 0 Å². The van der Waals surface area contributed by atoms with Crippen LogP contribution in [-0.4, -0.2) is 16.8 Å². The summed E-state index contributed by atoms with van der Waals surface area (Å²) >= 11 is 6.32. The summed E-state index contributed by atoms with van der Waals surface area (Å²) in [5.74, 6) is -0.526. The molecule has 2 amide bonds. The van der Waals surface area contributed by atoms with Crippen molar-refractivity contribution in [2.24, 2.45) is 5.92 Å². The summed E-state index contributed by atoms with van der Waals surface area (Å²) in [5, 5.41) is 1.28. The number of para-hydroxylation sites is 1. The Labute approximate surface area is 168 Å². The first-order valence-electron chi connectivity index (χ1n) is 9.38. The average Bonchev–Trinajstić information content (AvgIpc) is 3.26. The van der Waals surface area contributed by atoms with Gasteiger partial charge in [0.2, 0.25) is 5.91 Å². The number of amides is 2. The Morgan fingerprint density at radius 3 is 2.46 bits per heavy atom. The maximum Gasteiger partial charge on any atom is 0.270 e. The molecular weight excluding hydrogens is 374 g/mol. The molecule has 1 aliphatic rings. The van der Waals surface area contributed by atoms with Crippen LogP contribution in [-0.2, 0) is 4.79 Å². The second kappa shape index (κ2) is 7.98. The van der Waals surface area contributed by atoms with Gasteiger partial charge in [0, 0.05) is 21.9 Å². The fourth-order valence-corrected chi connectivity index (χ4v) is 3.88. The van der Waals surface area contributed by atoms with Gasteiger partial charge in [-0.2, -0.15) is 0 Å². The third-order valence-electron chi connectivity index (χ3n) is 5.14. The Morgan fingerprint density at radius 2 is 1.68 bits per heavy atom. The Kier molecular flexibility index (Phi) is 5.26. The number of pyridine rings is 1. The lowest BCUT2D eigenvalue weighted by molar-refractivity contribution is -0.125. The van der Waals surface area contributed by atoms with Crippen LogP contribution < -0.4 is 10.9 Å². The summed E-state index contributed by atoms with van der Waals surface area (Å²) in [4.78, 5) is 29.7. The number of carbonyl (C=O) groups excluding carboxylic acids is 2. The van der Waals surface area contributed by atoms with Crippen LogP contribution in [0.15, 0.2) is 54.6 Å². The molecule has 0 atom stereocenters. The van der Waals surface area contributed by atoms with E-state index in [1.165, 1.54) is 0 Å². The van der Waals surface area contributed by atoms with E-state index in [1.807, 2.05) is 42.5 Å². The zero-order valence-corrected chi connectivity index (χ0v) is 16.0. The molecule has 0 spiro atoms.